The summed E-state index contributed by atoms with van der Waals surface area (Å²) in [5.41, 5.74) is 1.15. The number of hydrogen-bond donors (Lipinski definition) is 2. The highest BCUT2D eigenvalue weighted by atomic mass is 16.5. The van der Waals surface area contributed by atoms with Crippen LogP contribution in [0.2, 0.25) is 0 Å². The Labute approximate surface area is 162 Å². The predicted octanol–water partition coefficient (Wildman–Crippen LogP) is 2.90. The third-order valence-electron chi connectivity index (χ3n) is 4.81. The SMILES string of the molecule is O=C(NCc1ccccc1)Nc1c2ccccc2nc(=O)n1CC1CCCO1. The van der Waals surface area contributed by atoms with Gasteiger partial charge in [-0.25, -0.2) is 9.59 Å². The molecule has 4 rings (SSSR count). The molecule has 1 saturated heterocycles. The maximum Gasteiger partial charge on any atom is 0.349 e. The number of urea groups is 1. The van der Waals surface area contributed by atoms with Crippen molar-refractivity contribution in [1.29, 1.82) is 0 Å². The standard InChI is InChI=1S/C21H22N4O3/c26-20(22-13-15-7-2-1-3-8-15)24-19-17-10-4-5-11-18(17)23-21(27)25(19)14-16-9-6-12-28-16/h1-5,7-8,10-11,16H,6,9,12-14H2,(H2,22,24,26). The lowest BCUT2D eigenvalue weighted by molar-refractivity contribution is 0.0964. The first-order chi connectivity index (χ1) is 13.7. The Hall–Kier alpha value is -3.19. The number of anilines is 1. The molecule has 1 aromatic heterocycles. The van der Waals surface area contributed by atoms with Crippen molar-refractivity contribution >= 4 is 22.8 Å². The van der Waals surface area contributed by atoms with Gasteiger partial charge in [-0.2, -0.15) is 4.98 Å². The topological polar surface area (TPSA) is 85.3 Å². The maximum atomic E-state index is 12.6. The Morgan fingerprint density at radius 2 is 1.93 bits per heavy atom. The van der Waals surface area contributed by atoms with Crippen LogP contribution in [0.4, 0.5) is 10.6 Å². The number of fused-ring (bicyclic) bond motifs is 1. The summed E-state index contributed by atoms with van der Waals surface area (Å²) >= 11 is 0. The maximum absolute atomic E-state index is 12.6. The van der Waals surface area contributed by atoms with Crippen molar-refractivity contribution in [2.75, 3.05) is 11.9 Å². The lowest BCUT2D eigenvalue weighted by Gasteiger charge is -2.18. The van der Waals surface area contributed by atoms with E-state index in [-0.39, 0.29) is 12.1 Å². The molecule has 1 fully saturated rings. The third kappa shape index (κ3) is 4.04. The molecule has 0 radical (unpaired) electrons. The molecule has 0 bridgehead atoms. The van der Waals surface area contributed by atoms with Crippen LogP contribution in [0.3, 0.4) is 0 Å². The fourth-order valence-electron chi connectivity index (χ4n) is 3.40. The average molecular weight is 378 g/mol. The molecular formula is C21H22N4O3. The Bertz CT molecular complexity index is 1030. The van der Waals surface area contributed by atoms with Crippen LogP contribution < -0.4 is 16.3 Å². The van der Waals surface area contributed by atoms with Crippen LogP contribution >= 0.6 is 0 Å². The zero-order valence-electron chi connectivity index (χ0n) is 15.4. The predicted molar refractivity (Wildman–Crippen MR) is 107 cm³/mol. The Kier molecular flexibility index (Phi) is 5.34. The fourth-order valence-corrected chi connectivity index (χ4v) is 3.40. The quantitative estimate of drug-likeness (QED) is 0.715. The van der Waals surface area contributed by atoms with Crippen LogP contribution in [-0.4, -0.2) is 28.3 Å². The Balaban J connectivity index is 1.61. The molecule has 1 unspecified atom stereocenters. The van der Waals surface area contributed by atoms with E-state index >= 15 is 0 Å². The molecule has 1 atom stereocenters. The minimum Gasteiger partial charge on any atom is -0.376 e. The highest BCUT2D eigenvalue weighted by molar-refractivity contribution is 5.98. The number of carbonyl (C=O) groups is 1. The largest absolute Gasteiger partial charge is 0.376 e. The van der Waals surface area contributed by atoms with Crippen molar-refractivity contribution in [2.24, 2.45) is 0 Å². The van der Waals surface area contributed by atoms with Gasteiger partial charge in [-0.3, -0.25) is 9.88 Å². The van der Waals surface area contributed by atoms with E-state index < -0.39 is 5.69 Å². The number of hydrogen-bond acceptors (Lipinski definition) is 4. The Morgan fingerprint density at radius 1 is 1.14 bits per heavy atom. The summed E-state index contributed by atoms with van der Waals surface area (Å²) in [6.45, 7) is 1.46. The number of amides is 2. The molecule has 1 aliphatic rings. The normalized spacial score (nSPS) is 16.2. The van der Waals surface area contributed by atoms with E-state index in [0.717, 1.165) is 23.8 Å². The lowest BCUT2D eigenvalue weighted by Crippen LogP contribution is -2.35. The average Bonchev–Trinajstić information content (AvgIpc) is 3.23. The first kappa shape index (κ1) is 18.2. The van der Waals surface area contributed by atoms with Crippen LogP contribution in [0.25, 0.3) is 10.9 Å². The molecule has 0 saturated carbocycles. The summed E-state index contributed by atoms with van der Waals surface area (Å²) in [6.07, 6.45) is 1.81. The minimum absolute atomic E-state index is 0.0476. The minimum atomic E-state index is -0.396. The van der Waals surface area contributed by atoms with Gasteiger partial charge in [-0.1, -0.05) is 42.5 Å². The molecule has 7 heteroatoms. The summed E-state index contributed by atoms with van der Waals surface area (Å²) in [7, 11) is 0. The molecule has 0 spiro atoms. The first-order valence-electron chi connectivity index (χ1n) is 9.40. The molecule has 1 aliphatic heterocycles. The number of para-hydroxylation sites is 1. The van der Waals surface area contributed by atoms with E-state index in [4.69, 9.17) is 4.74 Å². The highest BCUT2D eigenvalue weighted by Gasteiger charge is 2.21. The smallest absolute Gasteiger partial charge is 0.349 e. The summed E-state index contributed by atoms with van der Waals surface area (Å²) in [6, 6.07) is 16.6. The van der Waals surface area contributed by atoms with E-state index in [1.165, 1.54) is 4.57 Å². The van der Waals surface area contributed by atoms with Gasteiger partial charge in [0.05, 0.1) is 18.2 Å². The van der Waals surface area contributed by atoms with Gasteiger partial charge in [0.2, 0.25) is 0 Å². The van der Waals surface area contributed by atoms with E-state index in [1.807, 2.05) is 48.5 Å². The van der Waals surface area contributed by atoms with Gasteiger partial charge in [-0.15, -0.1) is 0 Å². The lowest BCUT2D eigenvalue weighted by atomic mass is 10.2. The van der Waals surface area contributed by atoms with Crippen molar-refractivity contribution in [3.63, 3.8) is 0 Å². The number of nitrogens with zero attached hydrogens (tertiary/aromatic N) is 2. The van der Waals surface area contributed by atoms with Crippen molar-refractivity contribution in [3.8, 4) is 0 Å². The van der Waals surface area contributed by atoms with Crippen LogP contribution in [0.5, 0.6) is 0 Å². The summed E-state index contributed by atoms with van der Waals surface area (Å²) < 4.78 is 7.17. The molecule has 7 nitrogen and oxygen atoms in total. The second-order valence-corrected chi connectivity index (χ2v) is 6.80. The fraction of sp³-hybridized carbons (Fsp3) is 0.286. The van der Waals surface area contributed by atoms with Gasteiger partial charge in [0.25, 0.3) is 0 Å². The second kappa shape index (κ2) is 8.22. The molecule has 3 aromatic rings. The van der Waals surface area contributed by atoms with Crippen molar-refractivity contribution in [1.82, 2.24) is 14.9 Å². The van der Waals surface area contributed by atoms with Crippen LogP contribution in [-0.2, 0) is 17.8 Å². The first-order valence-corrected chi connectivity index (χ1v) is 9.40. The molecule has 28 heavy (non-hydrogen) atoms. The van der Waals surface area contributed by atoms with E-state index in [1.54, 1.807) is 6.07 Å². The number of benzene rings is 2. The van der Waals surface area contributed by atoms with Gasteiger partial charge in [0, 0.05) is 18.5 Å². The van der Waals surface area contributed by atoms with Crippen molar-refractivity contribution in [2.45, 2.75) is 32.0 Å². The van der Waals surface area contributed by atoms with Gasteiger partial charge in [0.15, 0.2) is 0 Å². The molecule has 144 valence electrons. The summed E-state index contributed by atoms with van der Waals surface area (Å²) in [5, 5.41) is 6.41. The summed E-state index contributed by atoms with van der Waals surface area (Å²) in [4.78, 5) is 29.3. The zero-order chi connectivity index (χ0) is 19.3. The molecule has 2 aromatic carbocycles. The third-order valence-corrected chi connectivity index (χ3v) is 4.81. The van der Waals surface area contributed by atoms with E-state index in [9.17, 15) is 9.59 Å². The van der Waals surface area contributed by atoms with E-state index in [2.05, 4.69) is 15.6 Å². The Morgan fingerprint density at radius 3 is 2.71 bits per heavy atom. The van der Waals surface area contributed by atoms with Gasteiger partial charge in [0.1, 0.15) is 5.82 Å². The van der Waals surface area contributed by atoms with Gasteiger partial charge < -0.3 is 10.1 Å². The molecule has 2 N–H and O–H groups in total. The monoisotopic (exact) mass is 378 g/mol. The molecule has 0 aliphatic carbocycles. The van der Waals surface area contributed by atoms with Crippen molar-refractivity contribution in [3.05, 3.63) is 70.6 Å². The van der Waals surface area contributed by atoms with Gasteiger partial charge in [-0.05, 0) is 30.5 Å². The number of aromatic nitrogens is 2. The van der Waals surface area contributed by atoms with Crippen LogP contribution in [0.15, 0.2) is 59.4 Å². The van der Waals surface area contributed by atoms with E-state index in [0.29, 0.717) is 31.0 Å². The number of rotatable bonds is 5. The number of carbonyl (C=O) groups excluding carboxylic acids is 1. The second-order valence-electron chi connectivity index (χ2n) is 6.80. The number of ether oxygens (including phenoxy) is 1. The number of nitrogens with one attached hydrogen (secondary N) is 2. The molecular weight excluding hydrogens is 356 g/mol. The summed E-state index contributed by atoms with van der Waals surface area (Å²) in [5.74, 6) is 0.441. The van der Waals surface area contributed by atoms with Crippen LogP contribution in [0, 0.1) is 0 Å². The van der Waals surface area contributed by atoms with Crippen LogP contribution in [0.1, 0.15) is 18.4 Å². The zero-order valence-corrected chi connectivity index (χ0v) is 15.4. The van der Waals surface area contributed by atoms with Crippen molar-refractivity contribution < 1.29 is 9.53 Å². The van der Waals surface area contributed by atoms with Gasteiger partial charge >= 0.3 is 11.7 Å². The molecule has 2 amide bonds. The highest BCUT2D eigenvalue weighted by Crippen LogP contribution is 2.22. The molecule has 2 heterocycles.